The van der Waals surface area contributed by atoms with Crippen LogP contribution < -0.4 is 11.0 Å². The zero-order chi connectivity index (χ0) is 17.3. The fourth-order valence-electron chi connectivity index (χ4n) is 2.43. The maximum absolute atomic E-state index is 12.6. The summed E-state index contributed by atoms with van der Waals surface area (Å²) in [6, 6.07) is 10.1. The topological polar surface area (TPSA) is 64.0 Å². The number of carbonyl (C=O) groups excluding carboxylic acids is 1. The zero-order valence-corrected chi connectivity index (χ0v) is 14.2. The minimum atomic E-state index is -0.576. The number of aryl methyl sites for hydroxylation is 1. The Morgan fingerprint density at radius 3 is 2.58 bits per heavy atom. The van der Waals surface area contributed by atoms with Crippen LogP contribution in [0.25, 0.3) is 11.0 Å². The zero-order valence-electron chi connectivity index (χ0n) is 12.7. The van der Waals surface area contributed by atoms with Gasteiger partial charge in [0, 0.05) is 17.1 Å². The monoisotopic (exact) mass is 361 g/mol. The van der Waals surface area contributed by atoms with Crippen LogP contribution in [0, 0.1) is 0 Å². The maximum Gasteiger partial charge on any atom is 0.274 e. The molecule has 2 heterocycles. The van der Waals surface area contributed by atoms with Crippen molar-refractivity contribution in [3.05, 3.63) is 74.1 Å². The summed E-state index contributed by atoms with van der Waals surface area (Å²) in [4.78, 5) is 29.4. The largest absolute Gasteiger partial charge is 0.274 e. The van der Waals surface area contributed by atoms with E-state index in [1.54, 1.807) is 36.5 Å². The molecule has 3 rings (SSSR count). The number of hydrogen-bond donors (Lipinski definition) is 1. The summed E-state index contributed by atoms with van der Waals surface area (Å²) in [7, 11) is 0. The summed E-state index contributed by atoms with van der Waals surface area (Å²) >= 11 is 12.1. The smallest absolute Gasteiger partial charge is 0.267 e. The average molecular weight is 362 g/mol. The third kappa shape index (κ3) is 2.88. The third-order valence-corrected chi connectivity index (χ3v) is 4.25. The highest BCUT2D eigenvalue weighted by atomic mass is 35.5. The molecule has 2 aromatic heterocycles. The molecule has 0 aliphatic rings. The van der Waals surface area contributed by atoms with E-state index in [9.17, 15) is 9.59 Å². The number of carbonyl (C=O) groups is 1. The lowest BCUT2D eigenvalue weighted by atomic mass is 10.1. The van der Waals surface area contributed by atoms with Crippen molar-refractivity contribution in [2.24, 2.45) is 0 Å². The van der Waals surface area contributed by atoms with Gasteiger partial charge < -0.3 is 0 Å². The van der Waals surface area contributed by atoms with Gasteiger partial charge in [-0.3, -0.25) is 15.0 Å². The van der Waals surface area contributed by atoms with Crippen LogP contribution in [0.4, 0.5) is 0 Å². The highest BCUT2D eigenvalue weighted by Gasteiger charge is 2.17. The van der Waals surface area contributed by atoms with Crippen molar-refractivity contribution in [1.29, 1.82) is 0 Å². The third-order valence-electron chi connectivity index (χ3n) is 3.62. The summed E-state index contributed by atoms with van der Waals surface area (Å²) in [5, 5.41) is 1.16. The maximum atomic E-state index is 12.6. The molecular weight excluding hydrogens is 349 g/mol. The van der Waals surface area contributed by atoms with Gasteiger partial charge in [-0.2, -0.15) is 4.68 Å². The Labute approximate surface area is 147 Å². The Morgan fingerprint density at radius 2 is 1.92 bits per heavy atom. The molecule has 24 heavy (non-hydrogen) atoms. The van der Waals surface area contributed by atoms with E-state index in [1.165, 1.54) is 0 Å². The van der Waals surface area contributed by atoms with Gasteiger partial charge in [0.2, 0.25) is 0 Å². The SMILES string of the molecule is CCc1cc2cccnc2n(NC(=O)c2c(Cl)cccc2Cl)c1=O. The van der Waals surface area contributed by atoms with E-state index >= 15 is 0 Å². The lowest BCUT2D eigenvalue weighted by Gasteiger charge is -2.13. The molecule has 122 valence electrons. The summed E-state index contributed by atoms with van der Waals surface area (Å²) in [5.41, 5.74) is 3.26. The minimum Gasteiger partial charge on any atom is -0.267 e. The van der Waals surface area contributed by atoms with Crippen molar-refractivity contribution in [2.75, 3.05) is 5.43 Å². The van der Waals surface area contributed by atoms with Gasteiger partial charge >= 0.3 is 0 Å². The molecule has 0 spiro atoms. The average Bonchev–Trinajstić information content (AvgIpc) is 2.57. The van der Waals surface area contributed by atoms with Crippen LogP contribution in [0.2, 0.25) is 10.0 Å². The number of fused-ring (bicyclic) bond motifs is 1. The number of nitrogens with one attached hydrogen (secondary N) is 1. The van der Waals surface area contributed by atoms with Crippen LogP contribution in [0.1, 0.15) is 22.8 Å². The Bertz CT molecular complexity index is 979. The van der Waals surface area contributed by atoms with Gasteiger partial charge in [0.15, 0.2) is 5.65 Å². The fraction of sp³-hybridized carbons (Fsp3) is 0.118. The van der Waals surface area contributed by atoms with Gasteiger partial charge in [0.1, 0.15) is 0 Å². The molecule has 3 aromatic rings. The van der Waals surface area contributed by atoms with Crippen molar-refractivity contribution in [3.8, 4) is 0 Å². The Kier molecular flexibility index (Phi) is 4.55. The van der Waals surface area contributed by atoms with E-state index in [-0.39, 0.29) is 21.2 Å². The summed E-state index contributed by atoms with van der Waals surface area (Å²) in [6.07, 6.45) is 2.09. The van der Waals surface area contributed by atoms with E-state index in [2.05, 4.69) is 10.4 Å². The molecule has 1 aromatic carbocycles. The van der Waals surface area contributed by atoms with Gasteiger partial charge in [-0.25, -0.2) is 4.98 Å². The minimum absolute atomic E-state index is 0.110. The van der Waals surface area contributed by atoms with Crippen molar-refractivity contribution >= 4 is 40.1 Å². The quantitative estimate of drug-likeness (QED) is 0.774. The molecule has 5 nitrogen and oxygen atoms in total. The molecule has 0 aliphatic heterocycles. The first-order valence-corrected chi connectivity index (χ1v) is 8.03. The first-order valence-electron chi connectivity index (χ1n) is 7.28. The normalized spacial score (nSPS) is 10.8. The van der Waals surface area contributed by atoms with E-state index < -0.39 is 5.91 Å². The molecule has 0 saturated carbocycles. The van der Waals surface area contributed by atoms with Crippen molar-refractivity contribution in [2.45, 2.75) is 13.3 Å². The summed E-state index contributed by atoms with van der Waals surface area (Å²) in [6.45, 7) is 1.87. The fourth-order valence-corrected chi connectivity index (χ4v) is 3.00. The van der Waals surface area contributed by atoms with Crippen LogP contribution in [0.3, 0.4) is 0 Å². The summed E-state index contributed by atoms with van der Waals surface area (Å²) in [5.74, 6) is -0.576. The second-order valence-electron chi connectivity index (χ2n) is 5.12. The molecule has 0 radical (unpaired) electrons. The lowest BCUT2D eigenvalue weighted by Crippen LogP contribution is -2.35. The van der Waals surface area contributed by atoms with E-state index in [0.717, 1.165) is 10.1 Å². The number of rotatable bonds is 3. The number of amides is 1. The highest BCUT2D eigenvalue weighted by Crippen LogP contribution is 2.24. The van der Waals surface area contributed by atoms with Crippen molar-refractivity contribution in [1.82, 2.24) is 9.66 Å². The predicted octanol–water partition coefficient (Wildman–Crippen LogP) is 3.65. The van der Waals surface area contributed by atoms with E-state index in [1.807, 2.05) is 13.0 Å². The number of benzene rings is 1. The lowest BCUT2D eigenvalue weighted by molar-refractivity contribution is 0.101. The van der Waals surface area contributed by atoms with Gasteiger partial charge in [-0.15, -0.1) is 0 Å². The standard InChI is InChI=1S/C17H13Cl2N3O2/c1-2-10-9-11-5-4-8-20-15(11)22(17(10)24)21-16(23)14-12(18)6-3-7-13(14)19/h3-9H,2H2,1H3,(H,21,23). The van der Waals surface area contributed by atoms with Crippen molar-refractivity contribution < 1.29 is 4.79 Å². The predicted molar refractivity (Wildman–Crippen MR) is 95.5 cm³/mol. The molecule has 0 unspecified atom stereocenters. The molecule has 0 fully saturated rings. The van der Waals surface area contributed by atoms with E-state index in [4.69, 9.17) is 23.2 Å². The van der Waals surface area contributed by atoms with Gasteiger partial charge in [0.25, 0.3) is 11.5 Å². The second-order valence-corrected chi connectivity index (χ2v) is 5.93. The molecule has 0 aliphatic carbocycles. The van der Waals surface area contributed by atoms with E-state index in [0.29, 0.717) is 17.6 Å². The van der Waals surface area contributed by atoms with Gasteiger partial charge in [0.05, 0.1) is 15.6 Å². The molecular formula is C17H13Cl2N3O2. The van der Waals surface area contributed by atoms with Crippen LogP contribution in [-0.4, -0.2) is 15.6 Å². The van der Waals surface area contributed by atoms with Crippen LogP contribution >= 0.6 is 23.2 Å². The van der Waals surface area contributed by atoms with Crippen LogP contribution in [0.5, 0.6) is 0 Å². The molecule has 1 amide bonds. The van der Waals surface area contributed by atoms with Gasteiger partial charge in [-0.05, 0) is 36.8 Å². The van der Waals surface area contributed by atoms with Crippen LogP contribution in [-0.2, 0) is 6.42 Å². The number of aromatic nitrogens is 2. The Hall–Kier alpha value is -2.37. The summed E-state index contributed by atoms with van der Waals surface area (Å²) < 4.78 is 1.14. The Morgan fingerprint density at radius 1 is 1.21 bits per heavy atom. The number of hydrogen-bond acceptors (Lipinski definition) is 3. The molecule has 0 bridgehead atoms. The molecule has 0 saturated heterocycles. The molecule has 0 atom stereocenters. The first-order chi connectivity index (χ1) is 11.5. The van der Waals surface area contributed by atoms with Crippen LogP contribution in [0.15, 0.2) is 47.4 Å². The molecule has 1 N–H and O–H groups in total. The number of pyridine rings is 2. The Balaban J connectivity index is 2.15. The van der Waals surface area contributed by atoms with Gasteiger partial charge in [-0.1, -0.05) is 36.2 Å². The van der Waals surface area contributed by atoms with Crippen molar-refractivity contribution in [3.63, 3.8) is 0 Å². The second kappa shape index (κ2) is 6.63. The molecule has 7 heteroatoms. The number of halogens is 2. The number of nitrogens with zero attached hydrogens (tertiary/aromatic N) is 2. The highest BCUT2D eigenvalue weighted by molar-refractivity contribution is 6.40. The first kappa shape index (κ1) is 16.5.